The summed E-state index contributed by atoms with van der Waals surface area (Å²) in [5.41, 5.74) is 6.56. The topological polar surface area (TPSA) is 118 Å². The predicted octanol–water partition coefficient (Wildman–Crippen LogP) is 1.02. The highest BCUT2D eigenvalue weighted by Crippen LogP contribution is 2.13. The number of sulfonamides is 1. The van der Waals surface area contributed by atoms with Crippen molar-refractivity contribution in [2.24, 2.45) is 0 Å². The molecule has 2 rings (SSSR count). The summed E-state index contributed by atoms with van der Waals surface area (Å²) in [6.07, 6.45) is 3.11. The summed E-state index contributed by atoms with van der Waals surface area (Å²) in [4.78, 5) is 21.8. The summed E-state index contributed by atoms with van der Waals surface area (Å²) in [6, 6.07) is 5.61. The van der Waals surface area contributed by atoms with Crippen molar-refractivity contribution < 1.29 is 13.2 Å². The number of benzene rings is 1. The summed E-state index contributed by atoms with van der Waals surface area (Å²) in [7, 11) is -1.94. The molecule has 0 fully saturated rings. The number of rotatable bonds is 6. The van der Waals surface area contributed by atoms with E-state index in [0.717, 1.165) is 5.56 Å². The molecule has 1 amide bonds. The fraction of sp³-hybridized carbons (Fsp3) is 0.312. The van der Waals surface area contributed by atoms with Gasteiger partial charge in [-0.25, -0.2) is 23.1 Å². The molecule has 8 nitrogen and oxygen atoms in total. The lowest BCUT2D eigenvalue weighted by atomic mass is 10.2. The van der Waals surface area contributed by atoms with Crippen LogP contribution in [0.4, 0.5) is 5.95 Å². The van der Waals surface area contributed by atoms with Crippen molar-refractivity contribution >= 4 is 21.9 Å². The molecule has 0 saturated carbocycles. The molecule has 1 heterocycles. The van der Waals surface area contributed by atoms with Crippen LogP contribution in [-0.2, 0) is 16.6 Å². The number of aromatic nitrogens is 2. The van der Waals surface area contributed by atoms with Crippen LogP contribution in [0, 0.1) is 0 Å². The van der Waals surface area contributed by atoms with Gasteiger partial charge in [0.05, 0.1) is 4.90 Å². The highest BCUT2D eigenvalue weighted by atomic mass is 32.2. The Kier molecular flexibility index (Phi) is 5.70. The van der Waals surface area contributed by atoms with Crippen molar-refractivity contribution in [2.45, 2.75) is 31.3 Å². The molecule has 0 aliphatic carbocycles. The smallest absolute Gasteiger partial charge is 0.253 e. The molecule has 25 heavy (non-hydrogen) atoms. The fourth-order valence-corrected chi connectivity index (χ4v) is 3.42. The van der Waals surface area contributed by atoms with E-state index in [1.165, 1.54) is 29.2 Å². The van der Waals surface area contributed by atoms with Crippen LogP contribution in [0.2, 0.25) is 0 Å². The Balaban J connectivity index is 2.10. The van der Waals surface area contributed by atoms with Crippen LogP contribution >= 0.6 is 0 Å². The van der Waals surface area contributed by atoms with E-state index in [1.54, 1.807) is 33.3 Å². The van der Waals surface area contributed by atoms with Crippen LogP contribution in [0.5, 0.6) is 0 Å². The Morgan fingerprint density at radius 3 is 2.28 bits per heavy atom. The molecule has 0 aliphatic heterocycles. The molecule has 0 saturated heterocycles. The molecule has 134 valence electrons. The van der Waals surface area contributed by atoms with Gasteiger partial charge in [0.25, 0.3) is 5.91 Å². The highest BCUT2D eigenvalue weighted by molar-refractivity contribution is 7.89. The van der Waals surface area contributed by atoms with Crippen molar-refractivity contribution in [3.05, 3.63) is 47.8 Å². The van der Waals surface area contributed by atoms with E-state index in [2.05, 4.69) is 14.7 Å². The molecular weight excluding hydrogens is 342 g/mol. The van der Waals surface area contributed by atoms with E-state index < -0.39 is 10.0 Å². The lowest BCUT2D eigenvalue weighted by Crippen LogP contribution is -2.30. The highest BCUT2D eigenvalue weighted by Gasteiger charge is 2.17. The van der Waals surface area contributed by atoms with E-state index in [4.69, 9.17) is 5.73 Å². The zero-order valence-corrected chi connectivity index (χ0v) is 15.1. The maximum atomic E-state index is 12.5. The van der Waals surface area contributed by atoms with Crippen LogP contribution in [-0.4, -0.2) is 42.3 Å². The van der Waals surface area contributed by atoms with Crippen LogP contribution in [0.25, 0.3) is 0 Å². The van der Waals surface area contributed by atoms with Gasteiger partial charge >= 0.3 is 0 Å². The lowest BCUT2D eigenvalue weighted by Gasteiger charge is -2.17. The second-order valence-corrected chi connectivity index (χ2v) is 7.63. The Morgan fingerprint density at radius 2 is 1.76 bits per heavy atom. The third-order valence-corrected chi connectivity index (χ3v) is 4.97. The molecule has 0 bridgehead atoms. The van der Waals surface area contributed by atoms with Crippen molar-refractivity contribution in [3.63, 3.8) is 0 Å². The molecule has 2 aromatic rings. The average Bonchev–Trinajstić information content (AvgIpc) is 2.55. The minimum atomic E-state index is -3.58. The number of nitrogens with zero attached hydrogens (tertiary/aromatic N) is 3. The van der Waals surface area contributed by atoms with Crippen molar-refractivity contribution in [1.82, 2.24) is 19.6 Å². The van der Waals surface area contributed by atoms with Gasteiger partial charge in [-0.15, -0.1) is 0 Å². The molecule has 0 unspecified atom stereocenters. The van der Waals surface area contributed by atoms with Crippen LogP contribution in [0.15, 0.2) is 41.6 Å². The number of nitrogen functional groups attached to an aromatic ring is 1. The van der Waals surface area contributed by atoms with Crippen LogP contribution < -0.4 is 10.5 Å². The summed E-state index contributed by atoms with van der Waals surface area (Å²) < 4.78 is 26.7. The zero-order valence-electron chi connectivity index (χ0n) is 14.3. The minimum absolute atomic E-state index is 0.118. The Hall–Kier alpha value is -2.52. The van der Waals surface area contributed by atoms with E-state index in [0.29, 0.717) is 12.1 Å². The Morgan fingerprint density at radius 1 is 1.20 bits per heavy atom. The van der Waals surface area contributed by atoms with Gasteiger partial charge < -0.3 is 10.6 Å². The molecule has 0 spiro atoms. The van der Waals surface area contributed by atoms with Gasteiger partial charge in [0.15, 0.2) is 0 Å². The molecular formula is C16H21N5O3S. The number of carbonyl (C=O) groups excluding carboxylic acids is 1. The van der Waals surface area contributed by atoms with Crippen LogP contribution in [0.1, 0.15) is 29.8 Å². The number of anilines is 1. The normalized spacial score (nSPS) is 11.5. The minimum Gasteiger partial charge on any atom is -0.368 e. The maximum absolute atomic E-state index is 12.5. The molecule has 0 atom stereocenters. The SMILES string of the molecule is CC(C)NS(=O)(=O)c1ccc(C(=O)N(C)Cc2cnc(N)nc2)cc1. The van der Waals surface area contributed by atoms with Gasteiger partial charge in [-0.3, -0.25) is 4.79 Å². The second-order valence-electron chi connectivity index (χ2n) is 5.91. The first-order valence-electron chi connectivity index (χ1n) is 7.63. The third-order valence-electron chi connectivity index (χ3n) is 3.29. The van der Waals surface area contributed by atoms with E-state index in [-0.39, 0.29) is 22.8 Å². The molecule has 3 N–H and O–H groups in total. The number of hydrogen-bond acceptors (Lipinski definition) is 6. The number of nitrogens with one attached hydrogen (secondary N) is 1. The van der Waals surface area contributed by atoms with Crippen molar-refractivity contribution in [3.8, 4) is 0 Å². The summed E-state index contributed by atoms with van der Waals surface area (Å²) >= 11 is 0. The number of nitrogens with two attached hydrogens (primary N) is 1. The lowest BCUT2D eigenvalue weighted by molar-refractivity contribution is 0.0785. The summed E-state index contributed by atoms with van der Waals surface area (Å²) in [5.74, 6) is -0.0675. The van der Waals surface area contributed by atoms with Crippen LogP contribution in [0.3, 0.4) is 0 Å². The quantitative estimate of drug-likeness (QED) is 0.791. The number of hydrogen-bond donors (Lipinski definition) is 2. The van der Waals surface area contributed by atoms with Gasteiger partial charge in [-0.1, -0.05) is 0 Å². The molecule has 9 heteroatoms. The van der Waals surface area contributed by atoms with Gasteiger partial charge in [-0.05, 0) is 38.1 Å². The van der Waals surface area contributed by atoms with E-state index in [9.17, 15) is 13.2 Å². The summed E-state index contributed by atoms with van der Waals surface area (Å²) in [6.45, 7) is 3.80. The van der Waals surface area contributed by atoms with Crippen molar-refractivity contribution in [1.29, 1.82) is 0 Å². The first kappa shape index (κ1) is 18.8. The first-order chi connectivity index (χ1) is 11.7. The monoisotopic (exact) mass is 363 g/mol. The molecule has 0 aliphatic rings. The standard InChI is InChI=1S/C16H21N5O3S/c1-11(2)20-25(23,24)14-6-4-13(5-7-14)15(22)21(3)10-12-8-18-16(17)19-9-12/h4-9,11,20H,10H2,1-3H3,(H2,17,18,19). The maximum Gasteiger partial charge on any atom is 0.253 e. The van der Waals surface area contributed by atoms with Gasteiger partial charge in [0, 0.05) is 43.2 Å². The molecule has 1 aromatic carbocycles. The van der Waals surface area contributed by atoms with Gasteiger partial charge in [0.1, 0.15) is 0 Å². The van der Waals surface area contributed by atoms with Gasteiger partial charge in [-0.2, -0.15) is 0 Å². The van der Waals surface area contributed by atoms with Gasteiger partial charge in [0.2, 0.25) is 16.0 Å². The second kappa shape index (κ2) is 7.58. The average molecular weight is 363 g/mol. The van der Waals surface area contributed by atoms with Crippen molar-refractivity contribution in [2.75, 3.05) is 12.8 Å². The largest absolute Gasteiger partial charge is 0.368 e. The zero-order chi connectivity index (χ0) is 18.6. The third kappa shape index (κ3) is 4.97. The predicted molar refractivity (Wildman–Crippen MR) is 94.1 cm³/mol. The molecule has 0 radical (unpaired) electrons. The molecule has 1 aromatic heterocycles. The van der Waals surface area contributed by atoms with E-state index >= 15 is 0 Å². The summed E-state index contributed by atoms with van der Waals surface area (Å²) in [5, 5.41) is 0. The number of carbonyl (C=O) groups is 1. The Bertz CT molecular complexity index is 833. The Labute approximate surface area is 147 Å². The van der Waals surface area contributed by atoms with E-state index in [1.807, 2.05) is 0 Å². The number of amides is 1. The fourth-order valence-electron chi connectivity index (χ4n) is 2.17. The first-order valence-corrected chi connectivity index (χ1v) is 9.11.